The van der Waals surface area contributed by atoms with Gasteiger partial charge in [-0.1, -0.05) is 48.5 Å². The van der Waals surface area contributed by atoms with Crippen molar-refractivity contribution in [1.82, 2.24) is 14.7 Å². The first-order valence-electron chi connectivity index (χ1n) is 11.6. The van der Waals surface area contributed by atoms with Crippen LogP contribution in [0.25, 0.3) is 0 Å². The van der Waals surface area contributed by atoms with Gasteiger partial charge < -0.3 is 10.2 Å². The Hall–Kier alpha value is -3.17. The SMILES string of the molecule is C=CCN(CCc1ccccc1)CC(=O)N1CCN(CC(=O)Nc2ccccc2C(F)(F)F)CC1. The highest BCUT2D eigenvalue weighted by molar-refractivity contribution is 5.93. The van der Waals surface area contributed by atoms with E-state index in [1.54, 1.807) is 11.0 Å². The summed E-state index contributed by atoms with van der Waals surface area (Å²) in [5.74, 6) is -0.498. The predicted octanol–water partition coefficient (Wildman–Crippen LogP) is 3.52. The summed E-state index contributed by atoms with van der Waals surface area (Å²) in [4.78, 5) is 30.9. The lowest BCUT2D eigenvalue weighted by atomic mass is 10.1. The molecule has 0 atom stereocenters. The molecule has 2 amide bonds. The highest BCUT2D eigenvalue weighted by atomic mass is 19.4. The van der Waals surface area contributed by atoms with Crippen LogP contribution >= 0.6 is 0 Å². The van der Waals surface area contributed by atoms with Crippen molar-refractivity contribution in [2.45, 2.75) is 12.6 Å². The first-order chi connectivity index (χ1) is 16.8. The largest absolute Gasteiger partial charge is 0.418 e. The van der Waals surface area contributed by atoms with Crippen molar-refractivity contribution in [3.05, 3.63) is 78.4 Å². The van der Waals surface area contributed by atoms with Crippen LogP contribution in [0.2, 0.25) is 0 Å². The third-order valence-electron chi connectivity index (χ3n) is 5.90. The number of anilines is 1. The minimum Gasteiger partial charge on any atom is -0.339 e. The van der Waals surface area contributed by atoms with Gasteiger partial charge in [0.25, 0.3) is 0 Å². The van der Waals surface area contributed by atoms with Crippen LogP contribution in [0.1, 0.15) is 11.1 Å². The Kier molecular flexibility index (Phi) is 9.45. The number of carbonyl (C=O) groups excluding carboxylic acids is 2. The van der Waals surface area contributed by atoms with Crippen molar-refractivity contribution in [2.75, 3.05) is 57.7 Å². The van der Waals surface area contributed by atoms with Gasteiger partial charge in [0.1, 0.15) is 0 Å². The van der Waals surface area contributed by atoms with Crippen LogP contribution in [0.15, 0.2) is 67.3 Å². The lowest BCUT2D eigenvalue weighted by Crippen LogP contribution is -2.52. The van der Waals surface area contributed by atoms with Crippen molar-refractivity contribution in [2.24, 2.45) is 0 Å². The van der Waals surface area contributed by atoms with Crippen molar-refractivity contribution < 1.29 is 22.8 Å². The van der Waals surface area contributed by atoms with Gasteiger partial charge in [0.15, 0.2) is 0 Å². The van der Waals surface area contributed by atoms with Gasteiger partial charge in [-0.3, -0.25) is 19.4 Å². The second kappa shape index (κ2) is 12.5. The summed E-state index contributed by atoms with van der Waals surface area (Å²) in [7, 11) is 0. The maximum Gasteiger partial charge on any atom is 0.418 e. The number of carbonyl (C=O) groups is 2. The fraction of sp³-hybridized carbons (Fsp3) is 0.385. The van der Waals surface area contributed by atoms with Crippen LogP contribution in [0.3, 0.4) is 0 Å². The van der Waals surface area contributed by atoms with Crippen LogP contribution in [-0.4, -0.2) is 78.9 Å². The predicted molar refractivity (Wildman–Crippen MR) is 130 cm³/mol. The van der Waals surface area contributed by atoms with E-state index in [4.69, 9.17) is 0 Å². The van der Waals surface area contributed by atoms with E-state index in [0.29, 0.717) is 32.7 Å². The first kappa shape index (κ1) is 26.4. The topological polar surface area (TPSA) is 55.9 Å². The molecule has 1 heterocycles. The molecular weight excluding hydrogens is 457 g/mol. The van der Waals surface area contributed by atoms with Crippen LogP contribution in [0.5, 0.6) is 0 Å². The average molecular weight is 489 g/mol. The monoisotopic (exact) mass is 488 g/mol. The van der Waals surface area contributed by atoms with Gasteiger partial charge in [-0.25, -0.2) is 0 Å². The second-order valence-corrected chi connectivity index (χ2v) is 8.51. The molecule has 1 aliphatic rings. The van der Waals surface area contributed by atoms with E-state index < -0.39 is 17.6 Å². The molecule has 35 heavy (non-hydrogen) atoms. The molecule has 0 aromatic heterocycles. The van der Waals surface area contributed by atoms with E-state index in [1.807, 2.05) is 23.1 Å². The second-order valence-electron chi connectivity index (χ2n) is 8.51. The van der Waals surface area contributed by atoms with Crippen molar-refractivity contribution in [3.8, 4) is 0 Å². The molecule has 2 aromatic carbocycles. The molecule has 1 fully saturated rings. The van der Waals surface area contributed by atoms with E-state index in [1.165, 1.54) is 23.8 Å². The molecule has 1 saturated heterocycles. The Labute approximate surface area is 204 Å². The molecule has 0 aliphatic carbocycles. The molecule has 1 N–H and O–H groups in total. The van der Waals surface area contributed by atoms with Crippen LogP contribution < -0.4 is 5.32 Å². The van der Waals surface area contributed by atoms with Crippen molar-refractivity contribution in [1.29, 1.82) is 0 Å². The van der Waals surface area contributed by atoms with E-state index in [2.05, 4.69) is 28.9 Å². The van der Waals surface area contributed by atoms with Crippen molar-refractivity contribution in [3.63, 3.8) is 0 Å². The molecule has 0 spiro atoms. The number of alkyl halides is 3. The number of hydrogen-bond donors (Lipinski definition) is 1. The number of halogens is 3. The lowest BCUT2D eigenvalue weighted by molar-refractivity contribution is -0.137. The number of rotatable bonds is 10. The van der Waals surface area contributed by atoms with Crippen LogP contribution in [-0.2, 0) is 22.2 Å². The summed E-state index contributed by atoms with van der Waals surface area (Å²) < 4.78 is 39.4. The molecule has 188 valence electrons. The number of nitrogens with one attached hydrogen (secondary N) is 1. The number of benzene rings is 2. The van der Waals surface area contributed by atoms with Gasteiger partial charge in [-0.2, -0.15) is 13.2 Å². The normalized spacial score (nSPS) is 14.7. The van der Waals surface area contributed by atoms with Gasteiger partial charge in [0.2, 0.25) is 11.8 Å². The molecular formula is C26H31F3N4O2. The third-order valence-corrected chi connectivity index (χ3v) is 5.90. The smallest absolute Gasteiger partial charge is 0.339 e. The molecule has 0 saturated carbocycles. The summed E-state index contributed by atoms with van der Waals surface area (Å²) in [5.41, 5.74) is 0.0792. The number of para-hydroxylation sites is 1. The van der Waals surface area contributed by atoms with Crippen LogP contribution in [0, 0.1) is 0 Å². The molecule has 2 aromatic rings. The Balaban J connectivity index is 1.45. The van der Waals surface area contributed by atoms with Gasteiger partial charge in [0.05, 0.1) is 24.3 Å². The minimum absolute atomic E-state index is 0.0168. The van der Waals surface area contributed by atoms with Crippen LogP contribution in [0.4, 0.5) is 18.9 Å². The Morgan fingerprint density at radius 3 is 2.31 bits per heavy atom. The number of nitrogens with zero attached hydrogens (tertiary/aromatic N) is 3. The zero-order chi connectivity index (χ0) is 25.3. The first-order valence-corrected chi connectivity index (χ1v) is 11.6. The third kappa shape index (κ3) is 8.22. The zero-order valence-corrected chi connectivity index (χ0v) is 19.6. The fourth-order valence-corrected chi connectivity index (χ4v) is 4.03. The van der Waals surface area contributed by atoms with E-state index >= 15 is 0 Å². The summed E-state index contributed by atoms with van der Waals surface area (Å²) in [6.45, 7) is 7.27. The van der Waals surface area contributed by atoms with E-state index in [0.717, 1.165) is 19.0 Å². The Bertz CT molecular complexity index is 990. The summed E-state index contributed by atoms with van der Waals surface area (Å²) >= 11 is 0. The number of hydrogen-bond acceptors (Lipinski definition) is 4. The fourth-order valence-electron chi connectivity index (χ4n) is 4.03. The minimum atomic E-state index is -4.55. The highest BCUT2D eigenvalue weighted by Crippen LogP contribution is 2.34. The highest BCUT2D eigenvalue weighted by Gasteiger charge is 2.33. The number of piperazine rings is 1. The average Bonchev–Trinajstić information content (AvgIpc) is 2.83. The summed E-state index contributed by atoms with van der Waals surface area (Å²) in [5, 5.41) is 2.37. The lowest BCUT2D eigenvalue weighted by Gasteiger charge is -2.35. The zero-order valence-electron chi connectivity index (χ0n) is 19.6. The summed E-state index contributed by atoms with van der Waals surface area (Å²) in [6.07, 6.45) is -1.93. The summed E-state index contributed by atoms with van der Waals surface area (Å²) in [6, 6.07) is 15.0. The quantitative estimate of drug-likeness (QED) is 0.520. The molecule has 1 aliphatic heterocycles. The van der Waals surface area contributed by atoms with Gasteiger partial charge in [-0.05, 0) is 24.1 Å². The molecule has 0 radical (unpaired) electrons. The maximum atomic E-state index is 13.1. The Morgan fingerprint density at radius 2 is 1.66 bits per heavy atom. The molecule has 6 nitrogen and oxygen atoms in total. The van der Waals surface area contributed by atoms with E-state index in [-0.39, 0.29) is 24.7 Å². The molecule has 9 heteroatoms. The van der Waals surface area contributed by atoms with Gasteiger partial charge in [0, 0.05) is 39.3 Å². The molecule has 0 bridgehead atoms. The van der Waals surface area contributed by atoms with Gasteiger partial charge >= 0.3 is 6.18 Å². The molecule has 0 unspecified atom stereocenters. The Morgan fingerprint density at radius 1 is 1.00 bits per heavy atom. The van der Waals surface area contributed by atoms with Gasteiger partial charge in [-0.15, -0.1) is 6.58 Å². The standard InChI is InChI=1S/C26H31F3N4O2/c1-2-13-31(14-12-21-8-4-3-5-9-21)20-25(35)33-17-15-32(16-18-33)19-24(34)30-23-11-7-6-10-22(23)26(27,28)29/h2-11H,1,12-20H2,(H,30,34). The van der Waals surface area contributed by atoms with Crippen molar-refractivity contribution >= 4 is 17.5 Å². The molecule has 3 rings (SSSR count). The van der Waals surface area contributed by atoms with E-state index in [9.17, 15) is 22.8 Å². The maximum absolute atomic E-state index is 13.1. The number of amides is 2.